The molecule has 0 fully saturated rings. The van der Waals surface area contributed by atoms with E-state index in [0.29, 0.717) is 37.1 Å². The molecular weight excluding hydrogens is 218 g/mol. The highest BCUT2D eigenvalue weighted by Crippen LogP contribution is 2.07. The number of hydrogen-bond acceptors (Lipinski definition) is 3. The monoisotopic (exact) mass is 239 g/mol. The van der Waals surface area contributed by atoms with Crippen LogP contribution in [0.15, 0.2) is 12.3 Å². The molecule has 1 amide bonds. The lowest BCUT2D eigenvalue weighted by Crippen LogP contribution is -2.29. The Morgan fingerprint density at radius 1 is 1.59 bits per heavy atom. The first-order valence-electron chi connectivity index (χ1n) is 5.78. The Balaban J connectivity index is 2.28. The molecule has 5 heteroatoms. The van der Waals surface area contributed by atoms with Crippen LogP contribution in [0.2, 0.25) is 0 Å². The minimum atomic E-state index is -0.127. The molecule has 0 bridgehead atoms. The fraction of sp³-hybridized carbons (Fsp3) is 0.583. The number of aryl methyl sites for hydroxylation is 1. The number of aromatic nitrogens is 1. The van der Waals surface area contributed by atoms with Crippen LogP contribution in [0.3, 0.4) is 0 Å². The summed E-state index contributed by atoms with van der Waals surface area (Å²) in [5, 5.41) is 2.79. The van der Waals surface area contributed by atoms with E-state index in [1.54, 1.807) is 23.9 Å². The summed E-state index contributed by atoms with van der Waals surface area (Å²) in [6.07, 6.45) is 1.71. The van der Waals surface area contributed by atoms with Gasteiger partial charge in [0, 0.05) is 26.4 Å². The van der Waals surface area contributed by atoms with Crippen LogP contribution in [0.1, 0.15) is 24.3 Å². The van der Waals surface area contributed by atoms with Gasteiger partial charge in [-0.3, -0.25) is 4.79 Å². The molecule has 3 N–H and O–H groups in total. The van der Waals surface area contributed by atoms with Crippen LogP contribution in [0.25, 0.3) is 0 Å². The number of nitrogens with zero attached hydrogens (tertiary/aromatic N) is 1. The van der Waals surface area contributed by atoms with Crippen molar-refractivity contribution in [3.63, 3.8) is 0 Å². The van der Waals surface area contributed by atoms with Crippen molar-refractivity contribution in [1.29, 1.82) is 0 Å². The number of ether oxygens (including phenoxy) is 1. The summed E-state index contributed by atoms with van der Waals surface area (Å²) in [4.78, 5) is 11.7. The summed E-state index contributed by atoms with van der Waals surface area (Å²) in [6.45, 7) is 5.93. The molecule has 1 heterocycles. The van der Waals surface area contributed by atoms with Crippen molar-refractivity contribution in [3.8, 4) is 0 Å². The number of carbonyl (C=O) groups excluding carboxylic acids is 1. The fourth-order valence-corrected chi connectivity index (χ4v) is 1.46. The van der Waals surface area contributed by atoms with E-state index in [4.69, 9.17) is 10.5 Å². The SMILES string of the molecule is CC(C)COCCNC(=O)c1cc(N)cn1C. The second kappa shape index (κ2) is 6.30. The Morgan fingerprint density at radius 2 is 2.29 bits per heavy atom. The number of nitrogens with one attached hydrogen (secondary N) is 1. The van der Waals surface area contributed by atoms with Crippen molar-refractivity contribution < 1.29 is 9.53 Å². The second-order valence-electron chi connectivity index (χ2n) is 4.49. The standard InChI is InChI=1S/C12H21N3O2/c1-9(2)8-17-5-4-14-12(16)11-6-10(13)7-15(11)3/h6-7,9H,4-5,8,13H2,1-3H3,(H,14,16). The van der Waals surface area contributed by atoms with Gasteiger partial charge in [0.15, 0.2) is 0 Å². The van der Waals surface area contributed by atoms with Gasteiger partial charge in [-0.2, -0.15) is 0 Å². The quantitative estimate of drug-likeness (QED) is 0.728. The molecule has 0 unspecified atom stereocenters. The van der Waals surface area contributed by atoms with Gasteiger partial charge in [-0.1, -0.05) is 13.8 Å². The maximum absolute atomic E-state index is 11.7. The van der Waals surface area contributed by atoms with Gasteiger partial charge in [0.25, 0.3) is 5.91 Å². The van der Waals surface area contributed by atoms with Crippen molar-refractivity contribution in [2.75, 3.05) is 25.5 Å². The van der Waals surface area contributed by atoms with Crippen LogP contribution in [0.5, 0.6) is 0 Å². The summed E-state index contributed by atoms with van der Waals surface area (Å²) in [6, 6.07) is 1.66. The Kier molecular flexibility index (Phi) is 5.03. The summed E-state index contributed by atoms with van der Waals surface area (Å²) < 4.78 is 7.08. The molecule has 0 aromatic carbocycles. The van der Waals surface area contributed by atoms with Crippen LogP contribution in [-0.4, -0.2) is 30.2 Å². The molecule has 1 aromatic heterocycles. The first-order chi connectivity index (χ1) is 8.00. The molecule has 1 aromatic rings. The molecule has 0 saturated heterocycles. The number of rotatable bonds is 6. The largest absolute Gasteiger partial charge is 0.397 e. The van der Waals surface area contributed by atoms with Gasteiger partial charge in [0.05, 0.1) is 12.3 Å². The van der Waals surface area contributed by atoms with E-state index >= 15 is 0 Å². The van der Waals surface area contributed by atoms with Gasteiger partial charge in [-0.15, -0.1) is 0 Å². The highest BCUT2D eigenvalue weighted by Gasteiger charge is 2.09. The number of nitrogen functional groups attached to an aromatic ring is 1. The third-order valence-corrected chi connectivity index (χ3v) is 2.24. The molecule has 1 rings (SSSR count). The highest BCUT2D eigenvalue weighted by molar-refractivity contribution is 5.93. The molecular formula is C12H21N3O2. The van der Waals surface area contributed by atoms with Gasteiger partial charge in [0.1, 0.15) is 5.69 Å². The molecule has 17 heavy (non-hydrogen) atoms. The number of amides is 1. The van der Waals surface area contributed by atoms with E-state index in [0.717, 1.165) is 0 Å². The van der Waals surface area contributed by atoms with Gasteiger partial charge < -0.3 is 20.4 Å². The van der Waals surface area contributed by atoms with E-state index in [2.05, 4.69) is 19.2 Å². The van der Waals surface area contributed by atoms with E-state index in [1.807, 2.05) is 0 Å². The lowest BCUT2D eigenvalue weighted by Gasteiger charge is -2.08. The van der Waals surface area contributed by atoms with Gasteiger partial charge >= 0.3 is 0 Å². The van der Waals surface area contributed by atoms with E-state index in [9.17, 15) is 4.79 Å². The number of nitrogens with two attached hydrogens (primary N) is 1. The zero-order valence-corrected chi connectivity index (χ0v) is 10.7. The average molecular weight is 239 g/mol. The number of carbonyl (C=O) groups is 1. The topological polar surface area (TPSA) is 69.3 Å². The van der Waals surface area contributed by atoms with Crippen molar-refractivity contribution >= 4 is 11.6 Å². The molecule has 0 saturated carbocycles. The predicted octanol–water partition coefficient (Wildman–Crippen LogP) is 1.01. The molecule has 0 aliphatic heterocycles. The molecule has 5 nitrogen and oxygen atoms in total. The summed E-state index contributed by atoms with van der Waals surface area (Å²) >= 11 is 0. The maximum atomic E-state index is 11.7. The first kappa shape index (κ1) is 13.6. The fourth-order valence-electron chi connectivity index (χ4n) is 1.46. The molecule has 96 valence electrons. The van der Waals surface area contributed by atoms with Crippen molar-refractivity contribution in [3.05, 3.63) is 18.0 Å². The van der Waals surface area contributed by atoms with Crippen LogP contribution >= 0.6 is 0 Å². The summed E-state index contributed by atoms with van der Waals surface area (Å²) in [5.41, 5.74) is 6.75. The van der Waals surface area contributed by atoms with Crippen LogP contribution in [0, 0.1) is 5.92 Å². The Hall–Kier alpha value is -1.49. The van der Waals surface area contributed by atoms with Crippen LogP contribution in [0.4, 0.5) is 5.69 Å². The van der Waals surface area contributed by atoms with E-state index in [-0.39, 0.29) is 5.91 Å². The molecule has 0 aliphatic rings. The van der Waals surface area contributed by atoms with Crippen molar-refractivity contribution in [1.82, 2.24) is 9.88 Å². The first-order valence-corrected chi connectivity index (χ1v) is 5.78. The smallest absolute Gasteiger partial charge is 0.268 e. The van der Waals surface area contributed by atoms with Gasteiger partial charge in [-0.05, 0) is 12.0 Å². The van der Waals surface area contributed by atoms with Crippen molar-refractivity contribution in [2.45, 2.75) is 13.8 Å². The van der Waals surface area contributed by atoms with E-state index in [1.165, 1.54) is 0 Å². The number of anilines is 1. The minimum Gasteiger partial charge on any atom is -0.397 e. The third-order valence-electron chi connectivity index (χ3n) is 2.24. The lowest BCUT2D eigenvalue weighted by molar-refractivity contribution is 0.0879. The molecule has 0 atom stereocenters. The predicted molar refractivity (Wildman–Crippen MR) is 67.8 cm³/mol. The number of hydrogen-bond donors (Lipinski definition) is 2. The van der Waals surface area contributed by atoms with E-state index < -0.39 is 0 Å². The van der Waals surface area contributed by atoms with Gasteiger partial charge in [-0.25, -0.2) is 0 Å². The Morgan fingerprint density at radius 3 is 2.82 bits per heavy atom. The second-order valence-corrected chi connectivity index (χ2v) is 4.49. The Bertz CT molecular complexity index is 372. The molecule has 0 aliphatic carbocycles. The zero-order chi connectivity index (χ0) is 12.8. The minimum absolute atomic E-state index is 0.127. The Labute approximate surface area is 102 Å². The molecule has 0 radical (unpaired) electrons. The normalized spacial score (nSPS) is 10.8. The zero-order valence-electron chi connectivity index (χ0n) is 10.7. The molecule has 0 spiro atoms. The highest BCUT2D eigenvalue weighted by atomic mass is 16.5. The van der Waals surface area contributed by atoms with Crippen LogP contribution < -0.4 is 11.1 Å². The maximum Gasteiger partial charge on any atom is 0.268 e. The van der Waals surface area contributed by atoms with Crippen LogP contribution in [-0.2, 0) is 11.8 Å². The van der Waals surface area contributed by atoms with Crippen molar-refractivity contribution in [2.24, 2.45) is 13.0 Å². The average Bonchev–Trinajstić information content (AvgIpc) is 2.56. The van der Waals surface area contributed by atoms with Gasteiger partial charge in [0.2, 0.25) is 0 Å². The third kappa shape index (κ3) is 4.48. The summed E-state index contributed by atoms with van der Waals surface area (Å²) in [5.74, 6) is 0.385. The summed E-state index contributed by atoms with van der Waals surface area (Å²) in [7, 11) is 1.79. The lowest BCUT2D eigenvalue weighted by atomic mass is 10.2.